The van der Waals surface area contributed by atoms with Crippen molar-refractivity contribution in [2.75, 3.05) is 4.72 Å². The number of hydrogen-bond donors (Lipinski definition) is 1. The predicted molar refractivity (Wildman–Crippen MR) is 88.5 cm³/mol. The molecular formula is C15H11F3N2O4S2. The zero-order chi connectivity index (χ0) is 18.9. The summed E-state index contributed by atoms with van der Waals surface area (Å²) >= 11 is 0.979. The minimum atomic E-state index is -4.81. The number of benzene rings is 1. The van der Waals surface area contributed by atoms with Gasteiger partial charge in [-0.1, -0.05) is 5.16 Å². The summed E-state index contributed by atoms with van der Waals surface area (Å²) < 4.78 is 72.4. The summed E-state index contributed by atoms with van der Waals surface area (Å²) in [5.74, 6) is 0.00199. The van der Waals surface area contributed by atoms with E-state index >= 15 is 0 Å². The number of sulfonamides is 1. The Bertz CT molecular complexity index is 1010. The highest BCUT2D eigenvalue weighted by molar-refractivity contribution is 7.94. The molecule has 11 heteroatoms. The highest BCUT2D eigenvalue weighted by Gasteiger charge is 2.31. The molecular weight excluding hydrogens is 393 g/mol. The average Bonchev–Trinajstić information content (AvgIpc) is 3.16. The number of alkyl halides is 3. The average molecular weight is 404 g/mol. The smallest absolute Gasteiger partial charge is 0.406 e. The van der Waals surface area contributed by atoms with E-state index in [1.165, 1.54) is 18.2 Å². The molecule has 0 saturated carbocycles. The summed E-state index contributed by atoms with van der Waals surface area (Å²) in [6, 6.07) is 9.04. The molecule has 0 spiro atoms. The number of nitrogens with zero attached hydrogens (tertiary/aromatic N) is 1. The van der Waals surface area contributed by atoms with Gasteiger partial charge in [-0.15, -0.1) is 24.5 Å². The molecule has 3 rings (SSSR count). The monoisotopic (exact) mass is 404 g/mol. The minimum Gasteiger partial charge on any atom is -0.406 e. The van der Waals surface area contributed by atoms with Crippen LogP contribution in [0.4, 0.5) is 18.9 Å². The van der Waals surface area contributed by atoms with E-state index in [-0.39, 0.29) is 9.90 Å². The van der Waals surface area contributed by atoms with Crippen LogP contribution in [0.5, 0.6) is 5.75 Å². The molecule has 0 aliphatic heterocycles. The van der Waals surface area contributed by atoms with Crippen LogP contribution >= 0.6 is 11.3 Å². The molecule has 0 unspecified atom stereocenters. The third-order valence-corrected chi connectivity index (χ3v) is 6.03. The largest absolute Gasteiger partial charge is 0.573 e. The second kappa shape index (κ2) is 6.65. The van der Waals surface area contributed by atoms with E-state index in [1.54, 1.807) is 19.1 Å². The Kier molecular flexibility index (Phi) is 4.67. The molecule has 0 aliphatic carbocycles. The van der Waals surface area contributed by atoms with E-state index in [4.69, 9.17) is 4.52 Å². The summed E-state index contributed by atoms with van der Waals surface area (Å²) in [7, 11) is -3.90. The van der Waals surface area contributed by atoms with Crippen molar-refractivity contribution < 1.29 is 30.8 Å². The van der Waals surface area contributed by atoms with Gasteiger partial charge in [0.2, 0.25) is 0 Å². The normalized spacial score (nSPS) is 12.2. The molecule has 2 heterocycles. The molecule has 3 aromatic rings. The van der Waals surface area contributed by atoms with Crippen molar-refractivity contribution in [2.45, 2.75) is 17.5 Å². The fourth-order valence-corrected chi connectivity index (χ4v) is 4.32. The van der Waals surface area contributed by atoms with E-state index < -0.39 is 22.1 Å². The molecule has 6 nitrogen and oxygen atoms in total. The van der Waals surface area contributed by atoms with Gasteiger partial charge in [0.1, 0.15) is 9.96 Å². The summed E-state index contributed by atoms with van der Waals surface area (Å²) in [6.07, 6.45) is -4.81. The van der Waals surface area contributed by atoms with Gasteiger partial charge in [-0.2, -0.15) is 0 Å². The number of halogens is 3. The Morgan fingerprint density at radius 1 is 1.15 bits per heavy atom. The molecule has 0 fully saturated rings. The number of ether oxygens (including phenoxy) is 1. The van der Waals surface area contributed by atoms with Crippen molar-refractivity contribution in [3.63, 3.8) is 0 Å². The Balaban J connectivity index is 1.76. The molecule has 138 valence electrons. The molecule has 1 N–H and O–H groups in total. The molecule has 0 atom stereocenters. The lowest BCUT2D eigenvalue weighted by Crippen LogP contribution is -2.17. The van der Waals surface area contributed by atoms with Crippen molar-refractivity contribution in [3.05, 3.63) is 48.2 Å². The van der Waals surface area contributed by atoms with E-state index in [2.05, 4.69) is 14.6 Å². The van der Waals surface area contributed by atoms with Gasteiger partial charge in [0.05, 0.1) is 10.6 Å². The molecule has 26 heavy (non-hydrogen) atoms. The van der Waals surface area contributed by atoms with Gasteiger partial charge < -0.3 is 9.26 Å². The van der Waals surface area contributed by atoms with E-state index in [9.17, 15) is 21.6 Å². The Morgan fingerprint density at radius 3 is 2.42 bits per heavy atom. The molecule has 1 aromatic carbocycles. The number of aryl methyl sites for hydroxylation is 1. The third kappa shape index (κ3) is 4.35. The maximum absolute atomic E-state index is 12.4. The Labute approximate surface area is 150 Å². The van der Waals surface area contributed by atoms with Crippen LogP contribution < -0.4 is 9.46 Å². The van der Waals surface area contributed by atoms with Crippen molar-refractivity contribution in [2.24, 2.45) is 0 Å². The number of hydrogen-bond acceptors (Lipinski definition) is 6. The van der Waals surface area contributed by atoms with Gasteiger partial charge in [0.15, 0.2) is 5.76 Å². The van der Waals surface area contributed by atoms with E-state index in [1.807, 2.05) is 0 Å². The summed E-state index contributed by atoms with van der Waals surface area (Å²) in [6.45, 7) is 1.74. The summed E-state index contributed by atoms with van der Waals surface area (Å²) in [4.78, 5) is 0.583. The highest BCUT2D eigenvalue weighted by atomic mass is 32.2. The number of nitrogens with one attached hydrogen (secondary N) is 1. The van der Waals surface area contributed by atoms with Crippen LogP contribution in [0.1, 0.15) is 5.69 Å². The molecule has 0 saturated heterocycles. The number of aromatic nitrogens is 1. The first-order chi connectivity index (χ1) is 12.1. The molecule has 0 radical (unpaired) electrons. The van der Waals surface area contributed by atoms with Gasteiger partial charge in [0, 0.05) is 11.8 Å². The highest BCUT2D eigenvalue weighted by Crippen LogP contribution is 2.32. The number of thiophene rings is 1. The van der Waals surface area contributed by atoms with Crippen molar-refractivity contribution >= 4 is 27.0 Å². The lowest BCUT2D eigenvalue weighted by Gasteiger charge is -2.10. The summed E-state index contributed by atoms with van der Waals surface area (Å²) in [5, 5.41) is 3.74. The zero-order valence-electron chi connectivity index (χ0n) is 13.1. The second-order valence-electron chi connectivity index (χ2n) is 5.13. The first-order valence-corrected chi connectivity index (χ1v) is 9.34. The van der Waals surface area contributed by atoms with Crippen molar-refractivity contribution in [3.8, 4) is 16.4 Å². The number of rotatable bonds is 5. The lowest BCUT2D eigenvalue weighted by molar-refractivity contribution is -0.274. The van der Waals surface area contributed by atoms with Gasteiger partial charge in [-0.3, -0.25) is 4.72 Å². The standard InChI is InChI=1S/C15H11F3N2O4S2/c1-9-8-12(24-19-9)13-6-7-14(25-13)26(21,22)20-10-2-4-11(5-3-10)23-15(16,17)18/h2-8,20H,1H3. The summed E-state index contributed by atoms with van der Waals surface area (Å²) in [5.41, 5.74) is 0.766. The van der Waals surface area contributed by atoms with E-state index in [0.29, 0.717) is 16.3 Å². The van der Waals surface area contributed by atoms with E-state index in [0.717, 1.165) is 23.5 Å². The van der Waals surface area contributed by atoms with Gasteiger partial charge in [-0.05, 0) is 43.3 Å². The first kappa shape index (κ1) is 18.3. The predicted octanol–water partition coefficient (Wildman–Crippen LogP) is 4.41. The first-order valence-electron chi connectivity index (χ1n) is 7.04. The topological polar surface area (TPSA) is 81.4 Å². The fraction of sp³-hybridized carbons (Fsp3) is 0.133. The Morgan fingerprint density at radius 2 is 1.85 bits per heavy atom. The third-order valence-electron chi connectivity index (χ3n) is 3.06. The van der Waals surface area contributed by atoms with Crippen LogP contribution in [0.25, 0.3) is 10.6 Å². The zero-order valence-corrected chi connectivity index (χ0v) is 14.7. The maximum Gasteiger partial charge on any atom is 0.573 e. The van der Waals surface area contributed by atoms with Gasteiger partial charge >= 0.3 is 6.36 Å². The van der Waals surface area contributed by atoms with Crippen LogP contribution in [0, 0.1) is 6.92 Å². The Hall–Kier alpha value is -2.53. The van der Waals surface area contributed by atoms with Crippen LogP contribution in [-0.2, 0) is 10.0 Å². The maximum atomic E-state index is 12.4. The van der Waals surface area contributed by atoms with Crippen LogP contribution in [0.3, 0.4) is 0 Å². The fourth-order valence-electron chi connectivity index (χ4n) is 2.01. The minimum absolute atomic E-state index is 0.0252. The number of anilines is 1. The molecule has 0 bridgehead atoms. The molecule has 2 aromatic heterocycles. The van der Waals surface area contributed by atoms with Crippen molar-refractivity contribution in [1.82, 2.24) is 5.16 Å². The quantitative estimate of drug-likeness (QED) is 0.681. The van der Waals surface area contributed by atoms with Crippen molar-refractivity contribution in [1.29, 1.82) is 0 Å². The van der Waals surface area contributed by atoms with Crippen LogP contribution in [0.15, 0.2) is 51.2 Å². The SMILES string of the molecule is Cc1cc(-c2ccc(S(=O)(=O)Nc3ccc(OC(F)(F)F)cc3)s2)on1. The van der Waals surface area contributed by atoms with Crippen LogP contribution in [0.2, 0.25) is 0 Å². The van der Waals surface area contributed by atoms with Gasteiger partial charge in [-0.25, -0.2) is 8.42 Å². The molecule has 0 amide bonds. The lowest BCUT2D eigenvalue weighted by atomic mass is 10.3. The van der Waals surface area contributed by atoms with Crippen LogP contribution in [-0.4, -0.2) is 19.9 Å². The second-order valence-corrected chi connectivity index (χ2v) is 8.12. The van der Waals surface area contributed by atoms with Gasteiger partial charge in [0.25, 0.3) is 10.0 Å². The molecule has 0 aliphatic rings.